The molecule has 9 heteroatoms. The van der Waals surface area contributed by atoms with E-state index in [1.54, 1.807) is 4.90 Å². The first-order chi connectivity index (χ1) is 9.59. The zero-order valence-corrected chi connectivity index (χ0v) is 11.9. The van der Waals surface area contributed by atoms with Crippen LogP contribution in [0.1, 0.15) is 12.8 Å². The monoisotopic (exact) mass is 323 g/mol. The van der Waals surface area contributed by atoms with Gasteiger partial charge in [-0.2, -0.15) is 13.2 Å². The Hall–Kier alpha value is -1.48. The first kappa shape index (κ1) is 15.9. The van der Waals surface area contributed by atoms with Gasteiger partial charge in [0.05, 0.1) is 11.6 Å². The van der Waals surface area contributed by atoms with Gasteiger partial charge in [0.15, 0.2) is 0 Å². The van der Waals surface area contributed by atoms with E-state index in [2.05, 4.69) is 0 Å². The molecule has 1 aromatic carbocycles. The van der Waals surface area contributed by atoms with Crippen LogP contribution in [0.3, 0.4) is 0 Å². The molecule has 2 rings (SSSR count). The summed E-state index contributed by atoms with van der Waals surface area (Å²) >= 11 is 0. The van der Waals surface area contributed by atoms with Crippen molar-refractivity contribution in [3.8, 4) is 0 Å². The molecule has 0 saturated carbocycles. The van der Waals surface area contributed by atoms with Crippen LogP contribution in [0.2, 0.25) is 0 Å². The van der Waals surface area contributed by atoms with E-state index in [9.17, 15) is 21.6 Å². The molecule has 1 fully saturated rings. The fourth-order valence-corrected chi connectivity index (χ4v) is 3.12. The molecule has 0 radical (unpaired) electrons. The predicted molar refractivity (Wildman–Crippen MR) is 73.2 cm³/mol. The minimum atomic E-state index is -4.23. The van der Waals surface area contributed by atoms with Crippen molar-refractivity contribution in [3.05, 3.63) is 18.2 Å². The van der Waals surface area contributed by atoms with E-state index in [-0.39, 0.29) is 23.5 Å². The highest BCUT2D eigenvalue weighted by atomic mass is 32.2. The van der Waals surface area contributed by atoms with E-state index in [0.717, 1.165) is 0 Å². The summed E-state index contributed by atoms with van der Waals surface area (Å²) < 4.78 is 60.9. The normalized spacial score (nSPS) is 20.6. The molecule has 1 unspecified atom stereocenters. The highest BCUT2D eigenvalue weighted by Crippen LogP contribution is 2.35. The average molecular weight is 323 g/mol. The zero-order valence-electron chi connectivity index (χ0n) is 11.1. The highest BCUT2D eigenvalue weighted by Gasteiger charge is 2.41. The van der Waals surface area contributed by atoms with Crippen molar-refractivity contribution in [2.45, 2.75) is 23.9 Å². The maximum absolute atomic E-state index is 12.8. The van der Waals surface area contributed by atoms with E-state index in [1.807, 2.05) is 0 Å². The number of hydrogen-bond acceptors (Lipinski definition) is 4. The Labute approximate surface area is 120 Å². The maximum Gasteiger partial charge on any atom is 0.393 e. The number of benzene rings is 1. The number of halogens is 3. The van der Waals surface area contributed by atoms with Crippen LogP contribution in [0, 0.1) is 5.92 Å². The quantitative estimate of drug-likeness (QED) is 0.811. The molecule has 1 aromatic rings. The van der Waals surface area contributed by atoms with Crippen LogP contribution in [0.5, 0.6) is 0 Å². The van der Waals surface area contributed by atoms with Crippen LogP contribution >= 0.6 is 0 Å². The minimum Gasteiger partial charge on any atom is -0.398 e. The van der Waals surface area contributed by atoms with Gasteiger partial charge < -0.3 is 10.6 Å². The number of piperidine rings is 1. The molecular formula is C12H16F3N3O2S. The van der Waals surface area contributed by atoms with Crippen LogP contribution in [0.15, 0.2) is 23.1 Å². The number of nitrogens with zero attached hydrogens (tertiary/aromatic N) is 1. The standard InChI is InChI=1S/C12H16F3N3O2S/c13-12(14,15)8-2-1-5-18(7-8)9-3-4-11(10(16)6-9)21(17,19)20/h3-4,6,8H,1-2,5,7,16H2,(H2,17,19,20). The molecular weight excluding hydrogens is 307 g/mol. The van der Waals surface area contributed by atoms with E-state index < -0.39 is 22.1 Å². The molecule has 1 atom stereocenters. The molecule has 118 valence electrons. The molecule has 0 aromatic heterocycles. The summed E-state index contributed by atoms with van der Waals surface area (Å²) in [7, 11) is -3.94. The lowest BCUT2D eigenvalue weighted by Gasteiger charge is -2.35. The predicted octanol–water partition coefficient (Wildman–Crippen LogP) is 1.69. The fraction of sp³-hybridized carbons (Fsp3) is 0.500. The van der Waals surface area contributed by atoms with Crippen LogP contribution < -0.4 is 15.8 Å². The van der Waals surface area contributed by atoms with Gasteiger partial charge in [0, 0.05) is 18.8 Å². The summed E-state index contributed by atoms with van der Waals surface area (Å²) in [5, 5.41) is 5.00. The fourth-order valence-electron chi connectivity index (χ4n) is 2.47. The number of primary sulfonamides is 1. The lowest BCUT2D eigenvalue weighted by molar-refractivity contribution is -0.175. The van der Waals surface area contributed by atoms with Crippen LogP contribution in [0.25, 0.3) is 0 Å². The molecule has 1 heterocycles. The molecule has 1 saturated heterocycles. The van der Waals surface area contributed by atoms with Crippen molar-refractivity contribution in [3.63, 3.8) is 0 Å². The summed E-state index contributed by atoms with van der Waals surface area (Å²) in [6, 6.07) is 3.99. The summed E-state index contributed by atoms with van der Waals surface area (Å²) in [4.78, 5) is 1.33. The average Bonchev–Trinajstić information content (AvgIpc) is 2.36. The second-order valence-corrected chi connectivity index (χ2v) is 6.62. The molecule has 0 amide bonds. The van der Waals surface area contributed by atoms with Gasteiger partial charge in [0.1, 0.15) is 4.90 Å². The summed E-state index contributed by atoms with van der Waals surface area (Å²) in [5.74, 6) is -1.38. The van der Waals surface area contributed by atoms with Gasteiger partial charge in [-0.25, -0.2) is 13.6 Å². The van der Waals surface area contributed by atoms with Gasteiger partial charge in [-0.05, 0) is 31.0 Å². The van der Waals surface area contributed by atoms with Gasteiger partial charge in [-0.3, -0.25) is 0 Å². The highest BCUT2D eigenvalue weighted by molar-refractivity contribution is 7.89. The molecule has 0 spiro atoms. The minimum absolute atomic E-state index is 0.0656. The van der Waals surface area contributed by atoms with Crippen LogP contribution in [-0.4, -0.2) is 27.7 Å². The summed E-state index contributed by atoms with van der Waals surface area (Å²) in [6.07, 6.45) is -3.71. The van der Waals surface area contributed by atoms with Gasteiger partial charge >= 0.3 is 6.18 Å². The summed E-state index contributed by atoms with van der Waals surface area (Å²) in [5.41, 5.74) is 6.03. The van der Waals surface area contributed by atoms with E-state index in [1.165, 1.54) is 18.2 Å². The largest absolute Gasteiger partial charge is 0.398 e. The van der Waals surface area contributed by atoms with E-state index in [0.29, 0.717) is 18.7 Å². The number of hydrogen-bond donors (Lipinski definition) is 2. The van der Waals surface area contributed by atoms with E-state index >= 15 is 0 Å². The Morgan fingerprint density at radius 1 is 1.29 bits per heavy atom. The topological polar surface area (TPSA) is 89.4 Å². The second kappa shape index (κ2) is 5.38. The third-order valence-electron chi connectivity index (χ3n) is 3.55. The molecule has 5 nitrogen and oxygen atoms in total. The van der Waals surface area contributed by atoms with Gasteiger partial charge in [0.2, 0.25) is 10.0 Å². The lowest BCUT2D eigenvalue weighted by Crippen LogP contribution is -2.41. The van der Waals surface area contributed by atoms with Crippen LogP contribution in [0.4, 0.5) is 24.5 Å². The molecule has 0 aliphatic carbocycles. The van der Waals surface area contributed by atoms with Crippen molar-refractivity contribution < 1.29 is 21.6 Å². The Morgan fingerprint density at radius 2 is 1.95 bits per heavy atom. The number of anilines is 2. The Morgan fingerprint density at radius 3 is 2.48 bits per heavy atom. The third kappa shape index (κ3) is 3.59. The van der Waals surface area contributed by atoms with Crippen molar-refractivity contribution in [1.29, 1.82) is 0 Å². The number of alkyl halides is 3. The molecule has 21 heavy (non-hydrogen) atoms. The summed E-state index contributed by atoms with van der Waals surface area (Å²) in [6.45, 7) is 0.318. The second-order valence-electron chi connectivity index (χ2n) is 5.09. The number of nitrogens with two attached hydrogens (primary N) is 2. The Bertz CT molecular complexity index is 631. The molecule has 1 aliphatic heterocycles. The Kier molecular flexibility index (Phi) is 4.07. The first-order valence-electron chi connectivity index (χ1n) is 6.33. The Balaban J connectivity index is 2.25. The van der Waals surface area contributed by atoms with Crippen molar-refractivity contribution in [2.75, 3.05) is 23.7 Å². The van der Waals surface area contributed by atoms with Gasteiger partial charge in [-0.1, -0.05) is 0 Å². The van der Waals surface area contributed by atoms with Crippen molar-refractivity contribution in [1.82, 2.24) is 0 Å². The smallest absolute Gasteiger partial charge is 0.393 e. The number of rotatable bonds is 2. The SMILES string of the molecule is Nc1cc(N2CCCC(C(F)(F)F)C2)ccc1S(N)(=O)=O. The number of sulfonamides is 1. The first-order valence-corrected chi connectivity index (χ1v) is 7.87. The maximum atomic E-state index is 12.8. The van der Waals surface area contributed by atoms with Gasteiger partial charge in [-0.15, -0.1) is 0 Å². The van der Waals surface area contributed by atoms with Crippen molar-refractivity contribution in [2.24, 2.45) is 11.1 Å². The van der Waals surface area contributed by atoms with E-state index in [4.69, 9.17) is 10.9 Å². The zero-order chi connectivity index (χ0) is 15.8. The molecule has 0 bridgehead atoms. The molecule has 4 N–H and O–H groups in total. The van der Waals surface area contributed by atoms with Gasteiger partial charge in [0.25, 0.3) is 0 Å². The van der Waals surface area contributed by atoms with Crippen molar-refractivity contribution >= 4 is 21.4 Å². The van der Waals surface area contributed by atoms with Crippen LogP contribution in [-0.2, 0) is 10.0 Å². The molecule has 1 aliphatic rings. The number of nitrogen functional groups attached to an aromatic ring is 1. The lowest BCUT2D eigenvalue weighted by atomic mass is 9.97. The third-order valence-corrected chi connectivity index (χ3v) is 4.53.